The van der Waals surface area contributed by atoms with Gasteiger partial charge in [0.25, 0.3) is 0 Å². The summed E-state index contributed by atoms with van der Waals surface area (Å²) >= 11 is 0. The molecule has 0 aliphatic carbocycles. The summed E-state index contributed by atoms with van der Waals surface area (Å²) in [6.07, 6.45) is 0.298. The number of hydrogen-bond acceptors (Lipinski definition) is 2. The normalized spacial score (nSPS) is 10.1. The van der Waals surface area contributed by atoms with Gasteiger partial charge in [-0.05, 0) is 31.5 Å². The Kier molecular flexibility index (Phi) is 4.31. The number of benzene rings is 2. The highest BCUT2D eigenvalue weighted by atomic mass is 16.1. The largest absolute Gasteiger partial charge is 0.325 e. The maximum atomic E-state index is 12.0. The molecule has 0 fully saturated rings. The van der Waals surface area contributed by atoms with E-state index < -0.39 is 0 Å². The first-order valence-corrected chi connectivity index (χ1v) is 6.51. The third kappa shape index (κ3) is 3.54. The van der Waals surface area contributed by atoms with Crippen molar-refractivity contribution in [3.8, 4) is 0 Å². The number of ketones is 1. The summed E-state index contributed by atoms with van der Waals surface area (Å²) in [6.45, 7) is 3.50. The van der Waals surface area contributed by atoms with Gasteiger partial charge in [0, 0.05) is 5.56 Å². The quantitative estimate of drug-likeness (QED) is 0.863. The van der Waals surface area contributed by atoms with Gasteiger partial charge in [-0.15, -0.1) is 0 Å². The van der Waals surface area contributed by atoms with Gasteiger partial charge in [-0.1, -0.05) is 42.0 Å². The lowest BCUT2D eigenvalue weighted by molar-refractivity contribution is -0.115. The molecule has 102 valence electrons. The molecule has 2 aromatic rings. The average molecular weight is 267 g/mol. The van der Waals surface area contributed by atoms with E-state index in [1.807, 2.05) is 31.2 Å². The summed E-state index contributed by atoms with van der Waals surface area (Å²) in [4.78, 5) is 23.5. The van der Waals surface area contributed by atoms with Gasteiger partial charge in [-0.25, -0.2) is 0 Å². The minimum absolute atomic E-state index is 0.0590. The fourth-order valence-electron chi connectivity index (χ4n) is 1.98. The van der Waals surface area contributed by atoms with Crippen molar-refractivity contribution in [3.63, 3.8) is 0 Å². The van der Waals surface area contributed by atoms with E-state index in [9.17, 15) is 9.59 Å². The molecule has 20 heavy (non-hydrogen) atoms. The van der Waals surface area contributed by atoms with Crippen LogP contribution >= 0.6 is 0 Å². The second-order valence-corrected chi connectivity index (χ2v) is 4.81. The average Bonchev–Trinajstić information content (AvgIpc) is 2.41. The van der Waals surface area contributed by atoms with E-state index in [1.165, 1.54) is 6.92 Å². The first-order valence-electron chi connectivity index (χ1n) is 6.51. The molecule has 3 heteroatoms. The predicted octanol–water partition coefficient (Wildman–Crippen LogP) is 3.38. The molecular formula is C17H17NO2. The second-order valence-electron chi connectivity index (χ2n) is 4.81. The fourth-order valence-corrected chi connectivity index (χ4v) is 1.98. The molecule has 0 bridgehead atoms. The Hall–Kier alpha value is -2.42. The van der Waals surface area contributed by atoms with Crippen LogP contribution in [0, 0.1) is 6.92 Å². The predicted molar refractivity (Wildman–Crippen MR) is 80.0 cm³/mol. The van der Waals surface area contributed by atoms with Gasteiger partial charge in [-0.2, -0.15) is 0 Å². The van der Waals surface area contributed by atoms with Crippen LogP contribution in [0.3, 0.4) is 0 Å². The zero-order chi connectivity index (χ0) is 14.5. The van der Waals surface area contributed by atoms with Crippen molar-refractivity contribution in [2.75, 3.05) is 5.32 Å². The topological polar surface area (TPSA) is 46.2 Å². The molecular weight excluding hydrogens is 250 g/mol. The summed E-state index contributed by atoms with van der Waals surface area (Å²) in [5.74, 6) is -0.182. The van der Waals surface area contributed by atoms with Crippen LogP contribution in [0.1, 0.15) is 28.4 Å². The van der Waals surface area contributed by atoms with Crippen LogP contribution in [0.15, 0.2) is 48.5 Å². The molecule has 0 atom stereocenters. The molecule has 3 nitrogen and oxygen atoms in total. The van der Waals surface area contributed by atoms with Crippen LogP contribution < -0.4 is 5.32 Å². The number of anilines is 1. The standard InChI is InChI=1S/C17H17NO2/c1-12-7-9-14(10-8-12)11-17(20)18-16-6-4-3-5-15(16)13(2)19/h3-10H,11H2,1-2H3,(H,18,20). The molecule has 0 saturated carbocycles. The number of nitrogens with one attached hydrogen (secondary N) is 1. The Morgan fingerprint density at radius 2 is 1.65 bits per heavy atom. The van der Waals surface area contributed by atoms with Gasteiger partial charge in [0.15, 0.2) is 5.78 Å². The SMILES string of the molecule is CC(=O)c1ccccc1NC(=O)Cc1ccc(C)cc1. The van der Waals surface area contributed by atoms with Crippen molar-refractivity contribution in [2.24, 2.45) is 0 Å². The van der Waals surface area contributed by atoms with Crippen molar-refractivity contribution in [1.29, 1.82) is 0 Å². The van der Waals surface area contributed by atoms with Crippen LogP contribution in [0.25, 0.3) is 0 Å². The number of amides is 1. The smallest absolute Gasteiger partial charge is 0.228 e. The van der Waals surface area contributed by atoms with E-state index in [-0.39, 0.29) is 11.7 Å². The van der Waals surface area contributed by atoms with Gasteiger partial charge in [-0.3, -0.25) is 9.59 Å². The Bertz CT molecular complexity index is 630. The highest BCUT2D eigenvalue weighted by Crippen LogP contribution is 2.16. The lowest BCUT2D eigenvalue weighted by Gasteiger charge is -2.09. The summed E-state index contributed by atoms with van der Waals surface area (Å²) in [7, 11) is 0. The minimum atomic E-state index is -0.123. The van der Waals surface area contributed by atoms with Crippen LogP contribution in [0.5, 0.6) is 0 Å². The Morgan fingerprint density at radius 1 is 1.00 bits per heavy atom. The van der Waals surface area contributed by atoms with Crippen molar-refractivity contribution < 1.29 is 9.59 Å². The minimum Gasteiger partial charge on any atom is -0.325 e. The van der Waals surface area contributed by atoms with Crippen molar-refractivity contribution in [2.45, 2.75) is 20.3 Å². The van der Waals surface area contributed by atoms with Crippen molar-refractivity contribution in [3.05, 3.63) is 65.2 Å². The molecule has 0 aromatic heterocycles. The number of carbonyl (C=O) groups is 2. The van der Waals surface area contributed by atoms with Crippen molar-refractivity contribution >= 4 is 17.4 Å². The van der Waals surface area contributed by atoms with Gasteiger partial charge in [0.2, 0.25) is 5.91 Å². The monoisotopic (exact) mass is 267 g/mol. The molecule has 2 rings (SSSR count). The van der Waals surface area contributed by atoms with Gasteiger partial charge < -0.3 is 5.32 Å². The van der Waals surface area contributed by atoms with Gasteiger partial charge in [0.05, 0.1) is 12.1 Å². The maximum Gasteiger partial charge on any atom is 0.228 e. The molecule has 0 aliphatic rings. The molecule has 0 unspecified atom stereocenters. The molecule has 1 N–H and O–H groups in total. The summed E-state index contributed by atoms with van der Waals surface area (Å²) < 4.78 is 0. The van der Waals surface area contributed by atoms with E-state index in [0.29, 0.717) is 17.7 Å². The number of hydrogen-bond donors (Lipinski definition) is 1. The van der Waals surface area contributed by atoms with Gasteiger partial charge >= 0.3 is 0 Å². The highest BCUT2D eigenvalue weighted by molar-refractivity contribution is 6.03. The van der Waals surface area contributed by atoms with Crippen LogP contribution in [-0.4, -0.2) is 11.7 Å². The summed E-state index contributed by atoms with van der Waals surface area (Å²) in [5, 5.41) is 2.80. The maximum absolute atomic E-state index is 12.0. The molecule has 0 aliphatic heterocycles. The number of aryl methyl sites for hydroxylation is 1. The summed E-state index contributed by atoms with van der Waals surface area (Å²) in [6, 6.07) is 14.9. The highest BCUT2D eigenvalue weighted by Gasteiger charge is 2.09. The van der Waals surface area contributed by atoms with E-state index in [4.69, 9.17) is 0 Å². The van der Waals surface area contributed by atoms with Crippen LogP contribution in [0.4, 0.5) is 5.69 Å². The fraction of sp³-hybridized carbons (Fsp3) is 0.176. The second kappa shape index (κ2) is 6.15. The number of carbonyl (C=O) groups excluding carboxylic acids is 2. The number of Topliss-reactive ketones (excluding diaryl/α,β-unsaturated/α-hetero) is 1. The first kappa shape index (κ1) is 14.0. The molecule has 0 spiro atoms. The zero-order valence-corrected chi connectivity index (χ0v) is 11.6. The zero-order valence-electron chi connectivity index (χ0n) is 11.6. The molecule has 2 aromatic carbocycles. The Balaban J connectivity index is 2.08. The number of rotatable bonds is 4. The molecule has 0 heterocycles. The molecule has 0 saturated heterocycles. The van der Waals surface area contributed by atoms with Crippen LogP contribution in [-0.2, 0) is 11.2 Å². The van der Waals surface area contributed by atoms with E-state index >= 15 is 0 Å². The first-order chi connectivity index (χ1) is 9.56. The van der Waals surface area contributed by atoms with E-state index in [0.717, 1.165) is 11.1 Å². The Labute approximate surface area is 118 Å². The third-order valence-corrected chi connectivity index (χ3v) is 3.07. The Morgan fingerprint density at radius 3 is 2.30 bits per heavy atom. The van der Waals surface area contributed by atoms with E-state index in [2.05, 4.69) is 5.32 Å². The van der Waals surface area contributed by atoms with Crippen molar-refractivity contribution in [1.82, 2.24) is 0 Å². The van der Waals surface area contributed by atoms with Crippen LogP contribution in [0.2, 0.25) is 0 Å². The molecule has 0 radical (unpaired) electrons. The van der Waals surface area contributed by atoms with Gasteiger partial charge in [0.1, 0.15) is 0 Å². The third-order valence-electron chi connectivity index (χ3n) is 3.07. The van der Waals surface area contributed by atoms with E-state index in [1.54, 1.807) is 24.3 Å². The number of para-hydroxylation sites is 1. The lowest BCUT2D eigenvalue weighted by atomic mass is 10.1. The lowest BCUT2D eigenvalue weighted by Crippen LogP contribution is -2.16. The summed E-state index contributed by atoms with van der Waals surface area (Å²) in [5.41, 5.74) is 3.21. The molecule has 1 amide bonds.